The highest BCUT2D eigenvalue weighted by molar-refractivity contribution is 7.98. The van der Waals surface area contributed by atoms with Gasteiger partial charge in [-0.25, -0.2) is 0 Å². The van der Waals surface area contributed by atoms with E-state index in [1.807, 2.05) is 30.0 Å². The Morgan fingerprint density at radius 1 is 1.05 bits per heavy atom. The Morgan fingerprint density at radius 3 is 2.35 bits per heavy atom. The Bertz CT molecular complexity index is 564. The van der Waals surface area contributed by atoms with Crippen LogP contribution in [0, 0.1) is 6.92 Å². The molecule has 2 rings (SSSR count). The molecule has 2 aromatic rings. The van der Waals surface area contributed by atoms with Crippen molar-refractivity contribution in [1.82, 2.24) is 0 Å². The lowest BCUT2D eigenvalue weighted by atomic mass is 10.1. The summed E-state index contributed by atoms with van der Waals surface area (Å²) in [7, 11) is 0. The van der Waals surface area contributed by atoms with Crippen molar-refractivity contribution < 1.29 is 0 Å². The summed E-state index contributed by atoms with van der Waals surface area (Å²) in [6, 6.07) is 14.5. The van der Waals surface area contributed by atoms with Crippen LogP contribution in [0.5, 0.6) is 0 Å². The molecule has 2 aromatic carbocycles. The van der Waals surface area contributed by atoms with Crippen LogP contribution in [0.15, 0.2) is 42.5 Å². The van der Waals surface area contributed by atoms with Crippen LogP contribution in [0.2, 0.25) is 10.0 Å². The van der Waals surface area contributed by atoms with Crippen molar-refractivity contribution in [3.63, 3.8) is 0 Å². The van der Waals surface area contributed by atoms with Crippen LogP contribution in [0.3, 0.4) is 0 Å². The van der Waals surface area contributed by atoms with Crippen molar-refractivity contribution >= 4 is 35.0 Å². The number of thioether (sulfide) groups is 1. The lowest BCUT2D eigenvalue weighted by Crippen LogP contribution is -1.95. The van der Waals surface area contributed by atoms with Crippen LogP contribution in [0.1, 0.15) is 35.3 Å². The zero-order valence-electron chi connectivity index (χ0n) is 11.7. The number of hydrogen-bond donors (Lipinski definition) is 0. The highest BCUT2D eigenvalue weighted by Gasteiger charge is 2.13. The lowest BCUT2D eigenvalue weighted by Gasteiger charge is -2.17. The normalized spacial score (nSPS) is 12.4. The van der Waals surface area contributed by atoms with Gasteiger partial charge in [0.15, 0.2) is 0 Å². The summed E-state index contributed by atoms with van der Waals surface area (Å²) in [5.74, 6) is 0.998. The van der Waals surface area contributed by atoms with Crippen LogP contribution in [-0.4, -0.2) is 0 Å². The molecule has 0 aliphatic carbocycles. The molecule has 0 radical (unpaired) electrons. The molecule has 0 aliphatic rings. The van der Waals surface area contributed by atoms with Crippen molar-refractivity contribution in [3.05, 3.63) is 69.2 Å². The first-order valence-corrected chi connectivity index (χ1v) is 8.52. The molecule has 0 heterocycles. The van der Waals surface area contributed by atoms with Gasteiger partial charge in [-0.05, 0) is 36.6 Å². The molecule has 3 heteroatoms. The van der Waals surface area contributed by atoms with Crippen LogP contribution in [0.4, 0.5) is 0 Å². The van der Waals surface area contributed by atoms with Gasteiger partial charge in [-0.15, -0.1) is 11.8 Å². The third-order valence-electron chi connectivity index (χ3n) is 3.25. The maximum atomic E-state index is 6.31. The van der Waals surface area contributed by atoms with Gasteiger partial charge in [0.1, 0.15) is 0 Å². The molecule has 106 valence electrons. The number of aryl methyl sites for hydroxylation is 1. The molecule has 0 saturated heterocycles. The van der Waals surface area contributed by atoms with Gasteiger partial charge < -0.3 is 0 Å². The lowest BCUT2D eigenvalue weighted by molar-refractivity contribution is 0.894. The second-order valence-electron chi connectivity index (χ2n) is 4.86. The van der Waals surface area contributed by atoms with Crippen LogP contribution in [0.25, 0.3) is 0 Å². The van der Waals surface area contributed by atoms with Crippen LogP contribution >= 0.6 is 35.0 Å². The van der Waals surface area contributed by atoms with E-state index in [-0.39, 0.29) is 0 Å². The minimum atomic E-state index is 0.404. The Hall–Kier alpha value is -0.630. The molecule has 0 nitrogen and oxygen atoms in total. The SMILES string of the molecule is CCC(SCc1ccc(C)cc1)c1ccc(Cl)cc1Cl. The first kappa shape index (κ1) is 15.8. The Kier molecular flexibility index (Phi) is 5.83. The van der Waals surface area contributed by atoms with Gasteiger partial charge in [0.05, 0.1) is 0 Å². The average molecular weight is 325 g/mol. The molecule has 0 bridgehead atoms. The summed E-state index contributed by atoms with van der Waals surface area (Å²) in [4.78, 5) is 0. The molecule has 0 amide bonds. The minimum absolute atomic E-state index is 0.404. The Morgan fingerprint density at radius 2 is 1.75 bits per heavy atom. The molecular weight excluding hydrogens is 307 g/mol. The van der Waals surface area contributed by atoms with E-state index < -0.39 is 0 Å². The number of benzene rings is 2. The maximum absolute atomic E-state index is 6.31. The largest absolute Gasteiger partial charge is 0.149 e. The summed E-state index contributed by atoms with van der Waals surface area (Å²) in [6.07, 6.45) is 1.05. The van der Waals surface area contributed by atoms with Crippen molar-refractivity contribution in [2.45, 2.75) is 31.3 Å². The minimum Gasteiger partial charge on any atom is -0.149 e. The molecule has 0 aromatic heterocycles. The topological polar surface area (TPSA) is 0 Å². The molecule has 0 N–H and O–H groups in total. The highest BCUT2D eigenvalue weighted by Crippen LogP contribution is 2.38. The molecule has 1 atom stereocenters. The number of rotatable bonds is 5. The number of hydrogen-bond acceptors (Lipinski definition) is 1. The molecule has 20 heavy (non-hydrogen) atoms. The van der Waals surface area contributed by atoms with Gasteiger partial charge in [-0.3, -0.25) is 0 Å². The summed E-state index contributed by atoms with van der Waals surface area (Å²) in [5, 5.41) is 1.86. The number of halogens is 2. The van der Waals surface area contributed by atoms with E-state index in [9.17, 15) is 0 Å². The van der Waals surface area contributed by atoms with E-state index >= 15 is 0 Å². The second kappa shape index (κ2) is 7.40. The fourth-order valence-corrected chi connectivity index (χ4v) is 3.88. The summed E-state index contributed by atoms with van der Waals surface area (Å²) in [6.45, 7) is 4.30. The van der Waals surface area contributed by atoms with Crippen molar-refractivity contribution in [1.29, 1.82) is 0 Å². The quantitative estimate of drug-likeness (QED) is 0.590. The smallest absolute Gasteiger partial charge is 0.0464 e. The van der Waals surface area contributed by atoms with E-state index in [1.54, 1.807) is 0 Å². The van der Waals surface area contributed by atoms with Gasteiger partial charge in [0.25, 0.3) is 0 Å². The maximum Gasteiger partial charge on any atom is 0.0464 e. The van der Waals surface area contributed by atoms with Gasteiger partial charge >= 0.3 is 0 Å². The highest BCUT2D eigenvalue weighted by atomic mass is 35.5. The van der Waals surface area contributed by atoms with E-state index in [0.717, 1.165) is 17.2 Å². The Labute approximate surface area is 135 Å². The molecular formula is C17H18Cl2S. The first-order chi connectivity index (χ1) is 9.60. The fraction of sp³-hybridized carbons (Fsp3) is 0.294. The van der Waals surface area contributed by atoms with E-state index in [1.165, 1.54) is 16.7 Å². The van der Waals surface area contributed by atoms with Gasteiger partial charge in [0, 0.05) is 21.0 Å². The molecule has 0 saturated carbocycles. The predicted molar refractivity (Wildman–Crippen MR) is 92.0 cm³/mol. The monoisotopic (exact) mass is 324 g/mol. The zero-order valence-corrected chi connectivity index (χ0v) is 14.0. The zero-order chi connectivity index (χ0) is 14.5. The molecule has 0 aliphatic heterocycles. The van der Waals surface area contributed by atoms with Crippen LogP contribution in [-0.2, 0) is 5.75 Å². The third kappa shape index (κ3) is 4.18. The standard InChI is InChI=1S/C17H18Cl2S/c1-3-17(15-9-8-14(18)10-16(15)19)20-11-13-6-4-12(2)5-7-13/h4-10,17H,3,11H2,1-2H3. The fourth-order valence-electron chi connectivity index (χ4n) is 2.07. The summed E-state index contributed by atoms with van der Waals surface area (Å²) >= 11 is 14.2. The summed E-state index contributed by atoms with van der Waals surface area (Å²) in [5.41, 5.74) is 3.83. The predicted octanol–water partition coefficient (Wildman–Crippen LogP) is 6.69. The first-order valence-electron chi connectivity index (χ1n) is 6.72. The molecule has 0 spiro atoms. The third-order valence-corrected chi connectivity index (χ3v) is 5.30. The molecule has 1 unspecified atom stereocenters. The van der Waals surface area contributed by atoms with Gasteiger partial charge in [-0.1, -0.05) is 66.0 Å². The van der Waals surface area contributed by atoms with Crippen molar-refractivity contribution in [2.75, 3.05) is 0 Å². The molecule has 0 fully saturated rings. The van der Waals surface area contributed by atoms with Gasteiger partial charge in [-0.2, -0.15) is 0 Å². The van der Waals surface area contributed by atoms with E-state index in [4.69, 9.17) is 23.2 Å². The van der Waals surface area contributed by atoms with Crippen LogP contribution < -0.4 is 0 Å². The van der Waals surface area contributed by atoms with Crippen molar-refractivity contribution in [2.24, 2.45) is 0 Å². The summed E-state index contributed by atoms with van der Waals surface area (Å²) < 4.78 is 0. The van der Waals surface area contributed by atoms with Crippen molar-refractivity contribution in [3.8, 4) is 0 Å². The average Bonchev–Trinajstić information content (AvgIpc) is 2.43. The van der Waals surface area contributed by atoms with E-state index in [0.29, 0.717) is 10.3 Å². The Balaban J connectivity index is 2.07. The second-order valence-corrected chi connectivity index (χ2v) is 6.89. The van der Waals surface area contributed by atoms with E-state index in [2.05, 4.69) is 38.1 Å². The van der Waals surface area contributed by atoms with Gasteiger partial charge in [0.2, 0.25) is 0 Å².